The van der Waals surface area contributed by atoms with Crippen LogP contribution in [0.3, 0.4) is 0 Å². The molecule has 1 unspecified atom stereocenters. The Labute approximate surface area is 206 Å². The van der Waals surface area contributed by atoms with Gasteiger partial charge in [-0.05, 0) is 69.3 Å². The zero-order chi connectivity index (χ0) is 24.2. The highest BCUT2D eigenvalue weighted by Crippen LogP contribution is 2.45. The molecular formula is C27H33ClN4O2. The topological polar surface area (TPSA) is 86.2 Å². The summed E-state index contributed by atoms with van der Waals surface area (Å²) >= 11 is 6.25. The minimum Gasteiger partial charge on any atom is -0.618 e. The van der Waals surface area contributed by atoms with Gasteiger partial charge in [-0.15, -0.1) is 0 Å². The number of nitrogens with zero attached hydrogens (tertiary/aromatic N) is 3. The number of amides is 1. The maximum atomic E-state index is 13.8. The molecule has 6 nitrogen and oxygen atoms in total. The Kier molecular flexibility index (Phi) is 7.69. The fraction of sp³-hybridized carbons (Fsp3) is 0.444. The fourth-order valence-electron chi connectivity index (χ4n) is 4.54. The van der Waals surface area contributed by atoms with Gasteiger partial charge in [-0.1, -0.05) is 42.6 Å². The van der Waals surface area contributed by atoms with E-state index in [9.17, 15) is 10.0 Å². The minimum atomic E-state index is -0.268. The monoisotopic (exact) mass is 480 g/mol. The smallest absolute Gasteiger partial charge is 0.254 e. The lowest BCUT2D eigenvalue weighted by molar-refractivity contribution is -0.587. The Morgan fingerprint density at radius 2 is 1.97 bits per heavy atom. The highest BCUT2D eigenvalue weighted by atomic mass is 35.5. The Morgan fingerprint density at radius 1 is 1.24 bits per heavy atom. The zero-order valence-corrected chi connectivity index (χ0v) is 20.7. The van der Waals surface area contributed by atoms with Gasteiger partial charge in [0.2, 0.25) is 11.2 Å². The maximum absolute atomic E-state index is 13.8. The molecule has 1 aromatic heterocycles. The Morgan fingerprint density at radius 3 is 2.62 bits per heavy atom. The van der Waals surface area contributed by atoms with Crippen LogP contribution in [-0.2, 0) is 6.42 Å². The van der Waals surface area contributed by atoms with Crippen molar-refractivity contribution in [2.24, 2.45) is 11.7 Å². The number of rotatable bonds is 10. The number of aryl methyl sites for hydroxylation is 1. The average molecular weight is 481 g/mol. The van der Waals surface area contributed by atoms with Crippen molar-refractivity contribution in [2.75, 3.05) is 13.1 Å². The molecule has 0 spiro atoms. The van der Waals surface area contributed by atoms with E-state index >= 15 is 0 Å². The molecule has 4 rings (SSSR count). The summed E-state index contributed by atoms with van der Waals surface area (Å²) in [7, 11) is 0. The molecule has 2 aromatic carbocycles. The summed E-state index contributed by atoms with van der Waals surface area (Å²) in [5.74, 6) is 0.230. The van der Waals surface area contributed by atoms with E-state index in [0.717, 1.165) is 36.0 Å². The van der Waals surface area contributed by atoms with Crippen LogP contribution in [0.1, 0.15) is 72.4 Å². The summed E-state index contributed by atoms with van der Waals surface area (Å²) in [6.45, 7) is 5.12. The number of hydrogen-bond donors (Lipinski definition) is 1. The molecule has 0 aliphatic heterocycles. The van der Waals surface area contributed by atoms with E-state index in [2.05, 4.69) is 6.92 Å². The maximum Gasteiger partial charge on any atom is 0.254 e. The second-order valence-corrected chi connectivity index (χ2v) is 9.70. The van der Waals surface area contributed by atoms with E-state index in [4.69, 9.17) is 22.3 Å². The van der Waals surface area contributed by atoms with E-state index in [0.29, 0.717) is 58.9 Å². The SMILES string of the molecule is CCCCc1c(C(C2CC2)N(CCCN)C(=O)c2ccc(C)cc2)nc2cc(Cl)ccc2[n+]1[O-]. The number of carbonyl (C=O) groups excluding carboxylic acids is 1. The summed E-state index contributed by atoms with van der Waals surface area (Å²) in [6.07, 6.45) is 5.15. The van der Waals surface area contributed by atoms with Crippen LogP contribution in [0.2, 0.25) is 5.02 Å². The van der Waals surface area contributed by atoms with Crippen molar-refractivity contribution >= 4 is 28.5 Å². The molecule has 34 heavy (non-hydrogen) atoms. The molecular weight excluding hydrogens is 448 g/mol. The summed E-state index contributed by atoms with van der Waals surface area (Å²) < 4.78 is 1.01. The quantitative estimate of drug-likeness (QED) is 0.322. The molecule has 180 valence electrons. The van der Waals surface area contributed by atoms with Crippen LogP contribution in [-0.4, -0.2) is 28.9 Å². The van der Waals surface area contributed by atoms with Crippen molar-refractivity contribution in [3.05, 3.63) is 75.2 Å². The van der Waals surface area contributed by atoms with Crippen LogP contribution in [0.25, 0.3) is 11.0 Å². The third-order valence-electron chi connectivity index (χ3n) is 6.55. The number of benzene rings is 2. The number of aromatic nitrogens is 2. The van der Waals surface area contributed by atoms with Crippen LogP contribution < -0.4 is 10.5 Å². The molecule has 3 aromatic rings. The van der Waals surface area contributed by atoms with Gasteiger partial charge in [0, 0.05) is 29.6 Å². The molecule has 0 bridgehead atoms. The van der Waals surface area contributed by atoms with Crippen LogP contribution >= 0.6 is 11.6 Å². The van der Waals surface area contributed by atoms with Crippen LogP contribution in [0, 0.1) is 18.0 Å². The lowest BCUT2D eigenvalue weighted by atomic mass is 9.99. The van der Waals surface area contributed by atoms with Gasteiger partial charge < -0.3 is 15.8 Å². The first-order valence-electron chi connectivity index (χ1n) is 12.2. The van der Waals surface area contributed by atoms with Gasteiger partial charge in [0.1, 0.15) is 11.2 Å². The van der Waals surface area contributed by atoms with Gasteiger partial charge in [-0.2, -0.15) is 4.73 Å². The van der Waals surface area contributed by atoms with E-state index in [1.54, 1.807) is 18.2 Å². The Bertz CT molecular complexity index is 1160. The van der Waals surface area contributed by atoms with Crippen molar-refractivity contribution in [3.8, 4) is 0 Å². The third-order valence-corrected chi connectivity index (χ3v) is 6.79. The largest absolute Gasteiger partial charge is 0.618 e. The Balaban J connectivity index is 1.86. The average Bonchev–Trinajstić information content (AvgIpc) is 3.66. The fourth-order valence-corrected chi connectivity index (χ4v) is 4.71. The molecule has 0 saturated heterocycles. The first-order valence-corrected chi connectivity index (χ1v) is 12.6. The second kappa shape index (κ2) is 10.7. The molecule has 7 heteroatoms. The predicted octanol–water partition coefficient (Wildman–Crippen LogP) is 5.11. The second-order valence-electron chi connectivity index (χ2n) is 9.26. The first kappa shape index (κ1) is 24.4. The lowest BCUT2D eigenvalue weighted by Gasteiger charge is -2.32. The molecule has 1 atom stereocenters. The van der Waals surface area contributed by atoms with Crippen LogP contribution in [0.5, 0.6) is 0 Å². The molecule has 1 aliphatic carbocycles. The van der Waals surface area contributed by atoms with Crippen molar-refractivity contribution in [2.45, 2.75) is 58.4 Å². The number of hydrogen-bond acceptors (Lipinski definition) is 4. The van der Waals surface area contributed by atoms with Gasteiger partial charge >= 0.3 is 0 Å². The van der Waals surface area contributed by atoms with E-state index in [1.165, 1.54) is 0 Å². The summed E-state index contributed by atoms with van der Waals surface area (Å²) in [5, 5.41) is 14.1. The summed E-state index contributed by atoms with van der Waals surface area (Å²) in [6, 6.07) is 12.6. The number of halogens is 1. The molecule has 2 N–H and O–H groups in total. The van der Waals surface area contributed by atoms with E-state index in [-0.39, 0.29) is 17.9 Å². The normalized spacial score (nSPS) is 14.4. The van der Waals surface area contributed by atoms with Gasteiger partial charge in [0.05, 0.1) is 6.04 Å². The number of unbranched alkanes of at least 4 members (excludes halogenated alkanes) is 1. The number of fused-ring (bicyclic) bond motifs is 1. The Hall–Kier alpha value is -2.70. The van der Waals surface area contributed by atoms with E-state index < -0.39 is 0 Å². The minimum absolute atomic E-state index is 0.0442. The highest BCUT2D eigenvalue weighted by Gasteiger charge is 2.42. The molecule has 1 amide bonds. The van der Waals surface area contributed by atoms with Crippen molar-refractivity contribution in [3.63, 3.8) is 0 Å². The molecule has 1 heterocycles. The van der Waals surface area contributed by atoms with E-state index in [1.807, 2.05) is 36.1 Å². The van der Waals surface area contributed by atoms with Crippen molar-refractivity contribution in [1.29, 1.82) is 0 Å². The molecule has 1 saturated carbocycles. The molecule has 1 fully saturated rings. The van der Waals surface area contributed by atoms with Crippen molar-refractivity contribution in [1.82, 2.24) is 9.88 Å². The summed E-state index contributed by atoms with van der Waals surface area (Å²) in [4.78, 5) is 20.7. The highest BCUT2D eigenvalue weighted by molar-refractivity contribution is 6.31. The number of nitrogens with two attached hydrogens (primary N) is 1. The first-order chi connectivity index (χ1) is 16.4. The third kappa shape index (κ3) is 5.18. The van der Waals surface area contributed by atoms with Crippen LogP contribution in [0.15, 0.2) is 42.5 Å². The summed E-state index contributed by atoms with van der Waals surface area (Å²) in [5.41, 5.74) is 10.0. The lowest BCUT2D eigenvalue weighted by Crippen LogP contribution is -2.42. The molecule has 0 radical (unpaired) electrons. The van der Waals surface area contributed by atoms with Gasteiger partial charge in [-0.25, -0.2) is 4.98 Å². The number of carbonyl (C=O) groups is 1. The molecule has 1 aliphatic rings. The van der Waals surface area contributed by atoms with Crippen molar-refractivity contribution < 1.29 is 9.52 Å². The standard InChI is InChI=1S/C27H33ClN4O2/c1-3-4-6-24-25(30-22-17-21(28)13-14-23(22)32(24)34)26(19-11-12-19)31(16-5-15-29)27(33)20-9-7-18(2)8-10-20/h7-10,13-14,17,19,26H,3-6,11-12,15-16,29H2,1-2H3. The zero-order valence-electron chi connectivity index (χ0n) is 20.0. The van der Waals surface area contributed by atoms with Crippen LogP contribution in [0.4, 0.5) is 0 Å². The predicted molar refractivity (Wildman–Crippen MR) is 136 cm³/mol. The van der Waals surface area contributed by atoms with Gasteiger partial charge in [-0.3, -0.25) is 4.79 Å². The van der Waals surface area contributed by atoms with Gasteiger partial charge in [0.15, 0.2) is 0 Å². The van der Waals surface area contributed by atoms with Gasteiger partial charge in [0.25, 0.3) is 5.91 Å².